The summed E-state index contributed by atoms with van der Waals surface area (Å²) in [6, 6.07) is 7.85. The lowest BCUT2D eigenvalue weighted by molar-refractivity contribution is -0.141. The zero-order valence-corrected chi connectivity index (χ0v) is 9.16. The lowest BCUT2D eigenvalue weighted by Crippen LogP contribution is -2.06. The maximum Gasteiger partial charge on any atom is 0.302 e. The van der Waals surface area contributed by atoms with Crippen molar-refractivity contribution in [2.24, 2.45) is 0 Å². The molecule has 0 aromatic heterocycles. The number of ether oxygens (including phenoxy) is 2. The smallest absolute Gasteiger partial charge is 0.302 e. The summed E-state index contributed by atoms with van der Waals surface area (Å²) in [5, 5.41) is 0. The predicted molar refractivity (Wildman–Crippen MR) is 57.9 cm³/mol. The second kappa shape index (κ2) is 6.06. The number of aryl methyl sites for hydroxylation is 1. The van der Waals surface area contributed by atoms with E-state index in [9.17, 15) is 4.79 Å². The molecule has 3 nitrogen and oxygen atoms in total. The van der Waals surface area contributed by atoms with Gasteiger partial charge >= 0.3 is 5.97 Å². The molecule has 0 amide bonds. The summed E-state index contributed by atoms with van der Waals surface area (Å²) in [6.45, 7) is 4.39. The minimum Gasteiger partial charge on any atom is -0.493 e. The third-order valence-electron chi connectivity index (χ3n) is 1.95. The third-order valence-corrected chi connectivity index (χ3v) is 1.95. The Kier molecular flexibility index (Phi) is 4.68. The van der Waals surface area contributed by atoms with Gasteiger partial charge in [-0.05, 0) is 18.6 Å². The highest BCUT2D eigenvalue weighted by atomic mass is 16.5. The molecule has 0 spiro atoms. The fraction of sp³-hybridized carbons (Fsp3) is 0.417. The van der Waals surface area contributed by atoms with Gasteiger partial charge in [0, 0.05) is 13.3 Å². The zero-order chi connectivity index (χ0) is 11.1. The Morgan fingerprint density at radius 2 is 2.00 bits per heavy atom. The second-order valence-corrected chi connectivity index (χ2v) is 3.31. The van der Waals surface area contributed by atoms with E-state index in [4.69, 9.17) is 9.47 Å². The summed E-state index contributed by atoms with van der Waals surface area (Å²) in [5.74, 6) is 0.645. The van der Waals surface area contributed by atoms with Crippen LogP contribution in [0.25, 0.3) is 0 Å². The molecule has 0 heterocycles. The average Bonchev–Trinajstić information content (AvgIpc) is 2.20. The van der Waals surface area contributed by atoms with Gasteiger partial charge in [0.1, 0.15) is 5.75 Å². The lowest BCUT2D eigenvalue weighted by atomic mass is 10.2. The Bertz CT molecular complexity index is 320. The number of para-hydroxylation sites is 1. The van der Waals surface area contributed by atoms with E-state index in [1.165, 1.54) is 6.92 Å². The molecule has 0 aliphatic heterocycles. The van der Waals surface area contributed by atoms with Crippen molar-refractivity contribution in [1.82, 2.24) is 0 Å². The second-order valence-electron chi connectivity index (χ2n) is 3.31. The van der Waals surface area contributed by atoms with Crippen molar-refractivity contribution in [3.8, 4) is 5.75 Å². The van der Waals surface area contributed by atoms with Crippen LogP contribution in [0.3, 0.4) is 0 Å². The maximum atomic E-state index is 10.5. The van der Waals surface area contributed by atoms with Gasteiger partial charge in [-0.1, -0.05) is 18.2 Å². The van der Waals surface area contributed by atoms with Gasteiger partial charge in [0.05, 0.1) is 13.2 Å². The fourth-order valence-electron chi connectivity index (χ4n) is 1.18. The minimum absolute atomic E-state index is 0.245. The van der Waals surface area contributed by atoms with Crippen molar-refractivity contribution in [3.63, 3.8) is 0 Å². The molecule has 1 rings (SSSR count). The van der Waals surface area contributed by atoms with Crippen LogP contribution in [-0.2, 0) is 9.53 Å². The highest BCUT2D eigenvalue weighted by Crippen LogP contribution is 2.15. The van der Waals surface area contributed by atoms with Gasteiger partial charge < -0.3 is 9.47 Å². The molecule has 0 saturated heterocycles. The number of carbonyl (C=O) groups is 1. The largest absolute Gasteiger partial charge is 0.493 e. The first-order valence-electron chi connectivity index (χ1n) is 5.02. The van der Waals surface area contributed by atoms with Gasteiger partial charge in [0.25, 0.3) is 0 Å². The first-order chi connectivity index (χ1) is 7.20. The van der Waals surface area contributed by atoms with Crippen molar-refractivity contribution in [2.75, 3.05) is 13.2 Å². The van der Waals surface area contributed by atoms with E-state index in [2.05, 4.69) is 0 Å². The van der Waals surface area contributed by atoms with E-state index >= 15 is 0 Å². The van der Waals surface area contributed by atoms with Gasteiger partial charge in [0.15, 0.2) is 0 Å². The van der Waals surface area contributed by atoms with Crippen LogP contribution in [0.5, 0.6) is 5.75 Å². The van der Waals surface area contributed by atoms with Crippen LogP contribution in [0.4, 0.5) is 0 Å². The van der Waals surface area contributed by atoms with Crippen molar-refractivity contribution in [2.45, 2.75) is 20.3 Å². The predicted octanol–water partition coefficient (Wildman–Crippen LogP) is 2.33. The molecule has 0 aliphatic rings. The number of esters is 1. The van der Waals surface area contributed by atoms with Gasteiger partial charge in [0.2, 0.25) is 0 Å². The van der Waals surface area contributed by atoms with E-state index in [1.807, 2.05) is 31.2 Å². The highest BCUT2D eigenvalue weighted by Gasteiger charge is 1.97. The van der Waals surface area contributed by atoms with Gasteiger partial charge in [-0.3, -0.25) is 4.79 Å². The van der Waals surface area contributed by atoms with Crippen molar-refractivity contribution in [3.05, 3.63) is 29.8 Å². The van der Waals surface area contributed by atoms with E-state index < -0.39 is 0 Å². The molecule has 0 bridgehead atoms. The number of hydrogen-bond donors (Lipinski definition) is 0. The summed E-state index contributed by atoms with van der Waals surface area (Å²) in [6.07, 6.45) is 0.716. The van der Waals surface area contributed by atoms with Crippen molar-refractivity contribution in [1.29, 1.82) is 0 Å². The molecule has 1 aromatic rings. The molecule has 82 valence electrons. The van der Waals surface area contributed by atoms with Gasteiger partial charge in [-0.15, -0.1) is 0 Å². The highest BCUT2D eigenvalue weighted by molar-refractivity contribution is 5.65. The topological polar surface area (TPSA) is 35.5 Å². The van der Waals surface area contributed by atoms with E-state index in [0.717, 1.165) is 11.3 Å². The molecule has 1 aromatic carbocycles. The number of benzene rings is 1. The van der Waals surface area contributed by atoms with E-state index in [1.54, 1.807) is 0 Å². The third kappa shape index (κ3) is 4.49. The van der Waals surface area contributed by atoms with Crippen LogP contribution in [-0.4, -0.2) is 19.2 Å². The summed E-state index contributed by atoms with van der Waals surface area (Å²) in [5.41, 5.74) is 1.12. The molecule has 0 unspecified atom stereocenters. The molecule has 0 N–H and O–H groups in total. The Balaban J connectivity index is 2.21. The Hall–Kier alpha value is -1.51. The monoisotopic (exact) mass is 208 g/mol. The van der Waals surface area contributed by atoms with Crippen LogP contribution in [0.1, 0.15) is 18.9 Å². The normalized spacial score (nSPS) is 9.73. The van der Waals surface area contributed by atoms with Crippen LogP contribution in [0.15, 0.2) is 24.3 Å². The number of hydrogen-bond acceptors (Lipinski definition) is 3. The summed E-state index contributed by atoms with van der Waals surface area (Å²) in [4.78, 5) is 10.5. The Morgan fingerprint density at radius 1 is 1.27 bits per heavy atom. The Morgan fingerprint density at radius 3 is 2.67 bits per heavy atom. The first-order valence-corrected chi connectivity index (χ1v) is 5.02. The summed E-state index contributed by atoms with van der Waals surface area (Å²) in [7, 11) is 0. The minimum atomic E-state index is -0.245. The molecule has 0 fully saturated rings. The molecule has 0 atom stereocenters. The molecule has 0 saturated carbocycles. The SMILES string of the molecule is CC(=O)OCCCOc1ccccc1C. The fourth-order valence-corrected chi connectivity index (χ4v) is 1.18. The maximum absolute atomic E-state index is 10.5. The quantitative estimate of drug-likeness (QED) is 0.550. The zero-order valence-electron chi connectivity index (χ0n) is 9.16. The number of carbonyl (C=O) groups excluding carboxylic acids is 1. The van der Waals surface area contributed by atoms with Crippen LogP contribution in [0, 0.1) is 6.92 Å². The lowest BCUT2D eigenvalue weighted by Gasteiger charge is -2.08. The van der Waals surface area contributed by atoms with Gasteiger partial charge in [-0.25, -0.2) is 0 Å². The standard InChI is InChI=1S/C12H16O3/c1-10-6-3-4-7-12(10)15-9-5-8-14-11(2)13/h3-4,6-7H,5,8-9H2,1-2H3. The van der Waals surface area contributed by atoms with E-state index in [-0.39, 0.29) is 5.97 Å². The summed E-state index contributed by atoms with van der Waals surface area (Å²) >= 11 is 0. The number of rotatable bonds is 5. The first kappa shape index (κ1) is 11.6. The van der Waals surface area contributed by atoms with Gasteiger partial charge in [-0.2, -0.15) is 0 Å². The van der Waals surface area contributed by atoms with Crippen LogP contribution in [0.2, 0.25) is 0 Å². The summed E-state index contributed by atoms with van der Waals surface area (Å²) < 4.78 is 10.3. The van der Waals surface area contributed by atoms with E-state index in [0.29, 0.717) is 19.6 Å². The molecular weight excluding hydrogens is 192 g/mol. The average molecular weight is 208 g/mol. The molecule has 0 aliphatic carbocycles. The molecule has 15 heavy (non-hydrogen) atoms. The molecular formula is C12H16O3. The van der Waals surface area contributed by atoms with Crippen molar-refractivity contribution < 1.29 is 14.3 Å². The van der Waals surface area contributed by atoms with Crippen LogP contribution < -0.4 is 4.74 Å². The Labute approximate surface area is 90.0 Å². The van der Waals surface area contributed by atoms with Crippen molar-refractivity contribution >= 4 is 5.97 Å². The molecule has 0 radical (unpaired) electrons. The molecule has 3 heteroatoms. The van der Waals surface area contributed by atoms with Crippen LogP contribution >= 0.6 is 0 Å².